The van der Waals surface area contributed by atoms with Crippen LogP contribution in [0.2, 0.25) is 0 Å². The van der Waals surface area contributed by atoms with Crippen molar-refractivity contribution in [2.45, 2.75) is 20.3 Å². The Morgan fingerprint density at radius 3 is 1.64 bits per heavy atom. The van der Waals surface area contributed by atoms with Crippen LogP contribution in [0.1, 0.15) is 20.3 Å². The molecular formula is C67H47N3O2. The Morgan fingerprint density at radius 1 is 0.347 bits per heavy atom. The molecule has 0 saturated heterocycles. The maximum absolute atomic E-state index is 6.50. The average molecular weight is 926 g/mol. The predicted molar refractivity (Wildman–Crippen MR) is 300 cm³/mol. The SMILES string of the molecule is CCC.c1ccc(-c2cc(-c3cccc(-c4cccc(-c5cccc6c5oc5ccccc56)c4)c3)c3c(c2)c2ccccc2n3-c2cc(-c3ccc4c(c3)oc3ccccc34)nc(-c3ccccc3)n2)cc1. The van der Waals surface area contributed by atoms with Crippen LogP contribution in [0, 0.1) is 0 Å². The highest BCUT2D eigenvalue weighted by Gasteiger charge is 2.22. The first-order valence-electron chi connectivity index (χ1n) is 24.7. The van der Waals surface area contributed by atoms with Crippen molar-refractivity contribution in [3.05, 3.63) is 237 Å². The minimum atomic E-state index is 0.640. The first-order chi connectivity index (χ1) is 35.6. The Labute approximate surface area is 416 Å². The monoisotopic (exact) mass is 925 g/mol. The van der Waals surface area contributed by atoms with Crippen LogP contribution in [0.15, 0.2) is 245 Å². The topological polar surface area (TPSA) is 57.0 Å². The zero-order valence-corrected chi connectivity index (χ0v) is 39.9. The highest BCUT2D eigenvalue weighted by Crippen LogP contribution is 2.44. The van der Waals surface area contributed by atoms with Crippen molar-refractivity contribution < 1.29 is 8.83 Å². The van der Waals surface area contributed by atoms with E-state index in [0.717, 1.165) is 133 Å². The number of hydrogen-bond acceptors (Lipinski definition) is 4. The van der Waals surface area contributed by atoms with Gasteiger partial charge in [-0.05, 0) is 88.0 Å². The molecule has 0 amide bonds. The fourth-order valence-corrected chi connectivity index (χ4v) is 10.4. The van der Waals surface area contributed by atoms with Gasteiger partial charge >= 0.3 is 0 Å². The molecule has 0 N–H and O–H groups in total. The van der Waals surface area contributed by atoms with E-state index in [-0.39, 0.29) is 0 Å². The molecular weight excluding hydrogens is 879 g/mol. The lowest BCUT2D eigenvalue weighted by Gasteiger charge is -2.16. The number of nitrogens with zero attached hydrogens (tertiary/aromatic N) is 3. The third-order valence-electron chi connectivity index (χ3n) is 13.6. The molecule has 72 heavy (non-hydrogen) atoms. The van der Waals surface area contributed by atoms with Crippen LogP contribution in [-0.2, 0) is 0 Å². The number of hydrogen-bond donors (Lipinski definition) is 0. The summed E-state index contributed by atoms with van der Waals surface area (Å²) in [6.07, 6.45) is 1.25. The molecule has 0 aliphatic rings. The van der Waals surface area contributed by atoms with Crippen molar-refractivity contribution in [3.63, 3.8) is 0 Å². The molecule has 4 aromatic heterocycles. The molecule has 0 spiro atoms. The summed E-state index contributed by atoms with van der Waals surface area (Å²) in [4.78, 5) is 10.7. The Bertz CT molecular complexity index is 4330. The van der Waals surface area contributed by atoms with Crippen molar-refractivity contribution in [1.82, 2.24) is 14.5 Å². The minimum Gasteiger partial charge on any atom is -0.456 e. The first-order valence-corrected chi connectivity index (χ1v) is 24.7. The number of fused-ring (bicyclic) bond motifs is 9. The second kappa shape index (κ2) is 17.9. The summed E-state index contributed by atoms with van der Waals surface area (Å²) in [5.74, 6) is 1.41. The smallest absolute Gasteiger partial charge is 0.162 e. The van der Waals surface area contributed by atoms with Gasteiger partial charge < -0.3 is 8.83 Å². The van der Waals surface area contributed by atoms with Gasteiger partial charge in [0.05, 0.1) is 16.7 Å². The van der Waals surface area contributed by atoms with Crippen molar-refractivity contribution in [1.29, 1.82) is 0 Å². The van der Waals surface area contributed by atoms with Crippen LogP contribution in [0.3, 0.4) is 0 Å². The molecule has 0 saturated carbocycles. The second-order valence-electron chi connectivity index (χ2n) is 18.4. The Morgan fingerprint density at radius 2 is 0.903 bits per heavy atom. The molecule has 4 heterocycles. The largest absolute Gasteiger partial charge is 0.456 e. The van der Waals surface area contributed by atoms with Crippen molar-refractivity contribution in [3.8, 4) is 73.0 Å². The lowest BCUT2D eigenvalue weighted by Crippen LogP contribution is -2.03. The standard InChI is InChI=1S/C64H39N3O2.C3H8/c1-3-16-40(17-4-1)47-36-54(45-23-14-21-43(35-45)42-20-13-22-44(34-42)48-27-15-28-53-51-26-9-12-31-59(51)69-63(48)53)62-55(37-47)49-24-7-10-29-57(49)67(62)61-39-56(65-64(66-61)41-18-5-2-6-19-41)46-32-33-52-50-25-8-11-30-58(50)68-60(52)38-46;1-3-2/h1-39H;3H2,1-2H3. The van der Waals surface area contributed by atoms with Crippen LogP contribution >= 0.6 is 0 Å². The van der Waals surface area contributed by atoms with Gasteiger partial charge in [-0.1, -0.05) is 196 Å². The molecule has 5 nitrogen and oxygen atoms in total. The van der Waals surface area contributed by atoms with E-state index < -0.39 is 0 Å². The van der Waals surface area contributed by atoms with Gasteiger partial charge in [0.1, 0.15) is 28.1 Å². The molecule has 10 aromatic carbocycles. The molecule has 342 valence electrons. The molecule has 0 aliphatic carbocycles. The third kappa shape index (κ3) is 7.42. The molecule has 14 aromatic rings. The van der Waals surface area contributed by atoms with E-state index in [2.05, 4.69) is 213 Å². The van der Waals surface area contributed by atoms with Gasteiger partial charge in [-0.2, -0.15) is 0 Å². The highest BCUT2D eigenvalue weighted by atomic mass is 16.3. The van der Waals surface area contributed by atoms with Gasteiger partial charge in [0.25, 0.3) is 0 Å². The van der Waals surface area contributed by atoms with Crippen LogP contribution in [-0.4, -0.2) is 14.5 Å². The lowest BCUT2D eigenvalue weighted by molar-refractivity contribution is 0.669. The summed E-state index contributed by atoms with van der Waals surface area (Å²) in [5.41, 5.74) is 17.2. The fraction of sp³-hybridized carbons (Fsp3) is 0.0448. The molecule has 5 heteroatoms. The van der Waals surface area contributed by atoms with E-state index in [4.69, 9.17) is 18.8 Å². The second-order valence-corrected chi connectivity index (χ2v) is 18.4. The minimum absolute atomic E-state index is 0.640. The van der Waals surface area contributed by atoms with E-state index in [1.165, 1.54) is 6.42 Å². The van der Waals surface area contributed by atoms with E-state index in [1.54, 1.807) is 0 Å². The molecule has 0 atom stereocenters. The Balaban J connectivity index is 0.00000164. The van der Waals surface area contributed by atoms with E-state index in [9.17, 15) is 0 Å². The number of furan rings is 2. The molecule has 0 radical (unpaired) electrons. The van der Waals surface area contributed by atoms with Crippen LogP contribution in [0.5, 0.6) is 0 Å². The summed E-state index contributed by atoms with van der Waals surface area (Å²) in [6, 6.07) is 83.5. The van der Waals surface area contributed by atoms with E-state index in [1.807, 2.05) is 42.5 Å². The molecule has 0 fully saturated rings. The van der Waals surface area contributed by atoms with E-state index >= 15 is 0 Å². The maximum atomic E-state index is 6.50. The fourth-order valence-electron chi connectivity index (χ4n) is 10.4. The first kappa shape index (κ1) is 42.8. The zero-order valence-electron chi connectivity index (χ0n) is 39.9. The summed E-state index contributed by atoms with van der Waals surface area (Å²) in [6.45, 7) is 4.25. The molecule has 0 unspecified atom stereocenters. The number of rotatable bonds is 7. The number of benzene rings is 10. The van der Waals surface area contributed by atoms with Gasteiger partial charge in [-0.3, -0.25) is 4.57 Å². The van der Waals surface area contributed by atoms with Gasteiger partial charge in [0.2, 0.25) is 0 Å². The summed E-state index contributed by atoms with van der Waals surface area (Å²) in [5, 5.41) is 6.69. The normalized spacial score (nSPS) is 11.5. The number of para-hydroxylation sites is 4. The number of aromatic nitrogens is 3. The summed E-state index contributed by atoms with van der Waals surface area (Å²) >= 11 is 0. The van der Waals surface area contributed by atoms with Crippen molar-refractivity contribution in [2.24, 2.45) is 0 Å². The molecule has 0 aliphatic heterocycles. The van der Waals surface area contributed by atoms with Crippen LogP contribution in [0.4, 0.5) is 0 Å². The van der Waals surface area contributed by atoms with Gasteiger partial charge in [0, 0.05) is 60.6 Å². The van der Waals surface area contributed by atoms with Gasteiger partial charge in [0.15, 0.2) is 5.82 Å². The summed E-state index contributed by atoms with van der Waals surface area (Å²) < 4.78 is 15.2. The molecule has 0 bridgehead atoms. The van der Waals surface area contributed by atoms with Crippen LogP contribution in [0.25, 0.3) is 139 Å². The summed E-state index contributed by atoms with van der Waals surface area (Å²) in [7, 11) is 0. The van der Waals surface area contributed by atoms with Gasteiger partial charge in [-0.15, -0.1) is 0 Å². The maximum Gasteiger partial charge on any atom is 0.162 e. The van der Waals surface area contributed by atoms with Crippen molar-refractivity contribution >= 4 is 65.7 Å². The average Bonchev–Trinajstić information content (AvgIpc) is 4.13. The predicted octanol–water partition coefficient (Wildman–Crippen LogP) is 18.8. The molecule has 14 rings (SSSR count). The van der Waals surface area contributed by atoms with Crippen LogP contribution < -0.4 is 0 Å². The lowest BCUT2D eigenvalue weighted by atomic mass is 9.92. The third-order valence-corrected chi connectivity index (χ3v) is 13.6. The Kier molecular flexibility index (Phi) is 10.6. The highest BCUT2D eigenvalue weighted by molar-refractivity contribution is 6.16. The Hall–Kier alpha value is -9.32. The van der Waals surface area contributed by atoms with Crippen molar-refractivity contribution in [2.75, 3.05) is 0 Å². The quantitative estimate of drug-likeness (QED) is 0.160. The van der Waals surface area contributed by atoms with E-state index in [0.29, 0.717) is 5.82 Å². The van der Waals surface area contributed by atoms with Gasteiger partial charge in [-0.25, -0.2) is 9.97 Å². The zero-order chi connectivity index (χ0) is 48.1.